The van der Waals surface area contributed by atoms with Crippen LogP contribution in [0.1, 0.15) is 43.9 Å². The molecule has 1 unspecified atom stereocenters. The Morgan fingerprint density at radius 1 is 0.923 bits per heavy atom. The Kier molecular flexibility index (Phi) is 10.3. The van der Waals surface area contributed by atoms with E-state index in [0.29, 0.717) is 16.6 Å². The topological polar surface area (TPSA) is 86.8 Å². The van der Waals surface area contributed by atoms with E-state index in [9.17, 15) is 18.0 Å². The predicted octanol–water partition coefficient (Wildman–Crippen LogP) is 5.59. The lowest BCUT2D eigenvalue weighted by Crippen LogP contribution is -2.53. The number of anilines is 1. The fraction of sp³-hybridized carbons (Fsp3) is 0.333. The van der Waals surface area contributed by atoms with E-state index in [1.54, 1.807) is 36.4 Å². The quantitative estimate of drug-likeness (QED) is 0.305. The van der Waals surface area contributed by atoms with Crippen LogP contribution in [0.4, 0.5) is 5.69 Å². The van der Waals surface area contributed by atoms with Crippen molar-refractivity contribution in [3.63, 3.8) is 0 Å². The number of rotatable bonds is 11. The number of halogens is 1. The Hall–Kier alpha value is -3.17. The summed E-state index contributed by atoms with van der Waals surface area (Å²) in [6, 6.07) is 20.2. The third-order valence-corrected chi connectivity index (χ3v) is 8.56. The number of carbonyl (C=O) groups excluding carboxylic acids is 2. The van der Waals surface area contributed by atoms with Gasteiger partial charge in [-0.2, -0.15) is 0 Å². The highest BCUT2D eigenvalue weighted by molar-refractivity contribution is 9.10. The lowest BCUT2D eigenvalue weighted by Gasteiger charge is -2.33. The molecule has 1 atom stereocenters. The Morgan fingerprint density at radius 3 is 2.05 bits per heavy atom. The molecule has 0 aromatic heterocycles. The van der Waals surface area contributed by atoms with Crippen molar-refractivity contribution in [1.82, 2.24) is 10.2 Å². The zero-order chi connectivity index (χ0) is 28.7. The maximum atomic E-state index is 14.0. The molecule has 208 valence electrons. The van der Waals surface area contributed by atoms with Crippen molar-refractivity contribution in [2.75, 3.05) is 10.8 Å². The number of sulfonamides is 1. The highest BCUT2D eigenvalue weighted by Gasteiger charge is 2.33. The van der Waals surface area contributed by atoms with Crippen LogP contribution in [0.25, 0.3) is 0 Å². The van der Waals surface area contributed by atoms with Crippen molar-refractivity contribution in [3.05, 3.63) is 94.0 Å². The van der Waals surface area contributed by atoms with Gasteiger partial charge in [-0.25, -0.2) is 8.42 Å². The monoisotopic (exact) mass is 613 g/mol. The average molecular weight is 615 g/mol. The average Bonchev–Trinajstić information content (AvgIpc) is 2.88. The maximum absolute atomic E-state index is 14.0. The van der Waals surface area contributed by atoms with Gasteiger partial charge in [-0.1, -0.05) is 76.4 Å². The maximum Gasteiger partial charge on any atom is 0.264 e. The molecular weight excluding hydrogens is 578 g/mol. The van der Waals surface area contributed by atoms with Gasteiger partial charge in [0.15, 0.2) is 0 Å². The molecular formula is C30H36BrN3O4S. The van der Waals surface area contributed by atoms with Crippen LogP contribution in [0.2, 0.25) is 0 Å². The van der Waals surface area contributed by atoms with Gasteiger partial charge < -0.3 is 10.2 Å². The lowest BCUT2D eigenvalue weighted by atomic mass is 10.1. The normalized spacial score (nSPS) is 12.2. The summed E-state index contributed by atoms with van der Waals surface area (Å²) in [7, 11) is -4.10. The fourth-order valence-electron chi connectivity index (χ4n) is 4.19. The van der Waals surface area contributed by atoms with Crippen molar-refractivity contribution in [1.29, 1.82) is 0 Å². The first-order valence-electron chi connectivity index (χ1n) is 12.9. The second-order valence-corrected chi connectivity index (χ2v) is 12.7. The van der Waals surface area contributed by atoms with E-state index in [4.69, 9.17) is 0 Å². The summed E-state index contributed by atoms with van der Waals surface area (Å²) in [5.41, 5.74) is 3.19. The van der Waals surface area contributed by atoms with Crippen LogP contribution in [0.5, 0.6) is 0 Å². The SMILES string of the molecule is CCC(C(=O)NC(C)C)N(Cc1ccc(C)cc1)C(=O)CN(c1cccc(Br)c1)S(=O)(=O)c1ccc(C)cc1. The molecule has 1 N–H and O–H groups in total. The lowest BCUT2D eigenvalue weighted by molar-refractivity contribution is -0.140. The third-order valence-electron chi connectivity index (χ3n) is 6.27. The zero-order valence-electron chi connectivity index (χ0n) is 23.0. The first kappa shape index (κ1) is 30.4. The van der Waals surface area contributed by atoms with Crippen molar-refractivity contribution in [3.8, 4) is 0 Å². The number of hydrogen-bond donors (Lipinski definition) is 1. The summed E-state index contributed by atoms with van der Waals surface area (Å²) in [5, 5.41) is 2.91. The van der Waals surface area contributed by atoms with Gasteiger partial charge in [-0.3, -0.25) is 13.9 Å². The fourth-order valence-corrected chi connectivity index (χ4v) is 5.98. The van der Waals surface area contributed by atoms with Crippen LogP contribution >= 0.6 is 15.9 Å². The van der Waals surface area contributed by atoms with E-state index in [2.05, 4.69) is 21.2 Å². The number of nitrogens with zero attached hydrogens (tertiary/aromatic N) is 2. The number of benzene rings is 3. The number of nitrogens with one attached hydrogen (secondary N) is 1. The van der Waals surface area contributed by atoms with E-state index >= 15 is 0 Å². The summed E-state index contributed by atoms with van der Waals surface area (Å²) >= 11 is 3.41. The molecule has 9 heteroatoms. The zero-order valence-corrected chi connectivity index (χ0v) is 25.4. The standard InChI is InChI=1S/C30H36BrN3O4S/c1-6-28(30(36)32-21(2)3)33(19-24-14-10-22(4)11-15-24)29(35)20-34(26-9-7-8-25(31)18-26)39(37,38)27-16-12-23(5)13-17-27/h7-18,21,28H,6,19-20H2,1-5H3,(H,32,36). The molecule has 3 aromatic rings. The van der Waals surface area contributed by atoms with E-state index < -0.39 is 28.5 Å². The van der Waals surface area contributed by atoms with Crippen molar-refractivity contribution in [2.45, 2.75) is 64.6 Å². The summed E-state index contributed by atoms with van der Waals surface area (Å²) < 4.78 is 29.6. The number of hydrogen-bond acceptors (Lipinski definition) is 4. The van der Waals surface area contributed by atoms with E-state index in [1.807, 2.05) is 58.9 Å². The van der Waals surface area contributed by atoms with E-state index in [1.165, 1.54) is 17.0 Å². The molecule has 2 amide bonds. The van der Waals surface area contributed by atoms with Gasteiger partial charge in [-0.05, 0) is 70.0 Å². The van der Waals surface area contributed by atoms with Crippen LogP contribution in [0.3, 0.4) is 0 Å². The minimum atomic E-state index is -4.10. The van der Waals surface area contributed by atoms with Gasteiger partial charge in [0.2, 0.25) is 11.8 Å². The highest BCUT2D eigenvalue weighted by atomic mass is 79.9. The summed E-state index contributed by atoms with van der Waals surface area (Å²) in [4.78, 5) is 28.8. The predicted molar refractivity (Wildman–Crippen MR) is 159 cm³/mol. The minimum absolute atomic E-state index is 0.0792. The van der Waals surface area contributed by atoms with Crippen LogP contribution in [0.15, 0.2) is 82.2 Å². The molecule has 0 bridgehead atoms. The molecule has 0 aliphatic heterocycles. The Bertz CT molecular complexity index is 1390. The molecule has 0 heterocycles. The van der Waals surface area contributed by atoms with Crippen molar-refractivity contribution < 1.29 is 18.0 Å². The summed E-state index contributed by atoms with van der Waals surface area (Å²) in [6.45, 7) is 9.12. The van der Waals surface area contributed by atoms with Gasteiger partial charge in [0.05, 0.1) is 10.6 Å². The Morgan fingerprint density at radius 2 is 1.51 bits per heavy atom. The van der Waals surface area contributed by atoms with Gasteiger partial charge in [0.1, 0.15) is 12.6 Å². The third kappa shape index (κ3) is 7.92. The van der Waals surface area contributed by atoms with Gasteiger partial charge in [0, 0.05) is 17.1 Å². The van der Waals surface area contributed by atoms with Crippen molar-refractivity contribution in [2.24, 2.45) is 0 Å². The van der Waals surface area contributed by atoms with E-state index in [0.717, 1.165) is 21.0 Å². The minimum Gasteiger partial charge on any atom is -0.352 e. The highest BCUT2D eigenvalue weighted by Crippen LogP contribution is 2.27. The molecule has 0 spiro atoms. The van der Waals surface area contributed by atoms with Crippen molar-refractivity contribution >= 4 is 43.5 Å². The number of amides is 2. The Balaban J connectivity index is 2.06. The second kappa shape index (κ2) is 13.3. The molecule has 0 aliphatic carbocycles. The van der Waals surface area contributed by atoms with Gasteiger partial charge >= 0.3 is 0 Å². The van der Waals surface area contributed by atoms with Crippen LogP contribution in [-0.4, -0.2) is 43.8 Å². The first-order chi connectivity index (χ1) is 18.4. The Labute approximate surface area is 240 Å². The molecule has 0 radical (unpaired) electrons. The largest absolute Gasteiger partial charge is 0.352 e. The smallest absolute Gasteiger partial charge is 0.264 e. The molecule has 0 saturated carbocycles. The molecule has 3 aromatic carbocycles. The molecule has 0 saturated heterocycles. The van der Waals surface area contributed by atoms with Crippen LogP contribution in [-0.2, 0) is 26.2 Å². The number of carbonyl (C=O) groups is 2. The molecule has 39 heavy (non-hydrogen) atoms. The number of aryl methyl sites for hydroxylation is 2. The van der Waals surface area contributed by atoms with Gasteiger partial charge in [-0.15, -0.1) is 0 Å². The molecule has 0 aliphatic rings. The second-order valence-electron chi connectivity index (χ2n) is 9.90. The molecule has 0 fully saturated rings. The van der Waals surface area contributed by atoms with Crippen LogP contribution in [0, 0.1) is 13.8 Å². The van der Waals surface area contributed by atoms with Crippen LogP contribution < -0.4 is 9.62 Å². The summed E-state index contributed by atoms with van der Waals surface area (Å²) in [5.74, 6) is -0.750. The molecule has 7 nitrogen and oxygen atoms in total. The molecule has 3 rings (SSSR count). The first-order valence-corrected chi connectivity index (χ1v) is 15.2. The van der Waals surface area contributed by atoms with Gasteiger partial charge in [0.25, 0.3) is 10.0 Å². The van der Waals surface area contributed by atoms with E-state index in [-0.39, 0.29) is 23.4 Å². The summed E-state index contributed by atoms with van der Waals surface area (Å²) in [6.07, 6.45) is 0.373.